The molecule has 4 aromatic carbocycles. The molecule has 5 rings (SSSR count). The van der Waals surface area contributed by atoms with E-state index in [-0.39, 0.29) is 42.6 Å². The summed E-state index contributed by atoms with van der Waals surface area (Å²) in [6.07, 6.45) is 0.598. The predicted molar refractivity (Wildman–Crippen MR) is 177 cm³/mol. The standard InChI is InChI=1S/C34H35Cl2N3O4S/c1-34(2,3)37-33(41)29(21-23-10-5-4-6-11-23)38(22-24-17-18-26(35)27(36)20-24)31(40)16-9-19-39-28-14-7-12-25-13-8-15-30(32(25)28)44(39,42)43/h4-8,10-15,17-18,20,29H,9,16,19,21-22H2,1-3H3,(H,37,41)/t29-/m0/s1. The number of rotatable bonds is 10. The lowest BCUT2D eigenvalue weighted by atomic mass is 10.00. The van der Waals surface area contributed by atoms with Gasteiger partial charge in [-0.2, -0.15) is 0 Å². The highest BCUT2D eigenvalue weighted by atomic mass is 35.5. The maximum absolute atomic E-state index is 14.1. The first-order valence-electron chi connectivity index (χ1n) is 14.5. The van der Waals surface area contributed by atoms with Crippen LogP contribution < -0.4 is 9.62 Å². The van der Waals surface area contributed by atoms with E-state index in [1.54, 1.807) is 41.3 Å². The van der Waals surface area contributed by atoms with Gasteiger partial charge in [0.2, 0.25) is 11.8 Å². The first-order valence-corrected chi connectivity index (χ1v) is 16.7. The van der Waals surface area contributed by atoms with Gasteiger partial charge in [-0.3, -0.25) is 13.9 Å². The molecule has 1 heterocycles. The summed E-state index contributed by atoms with van der Waals surface area (Å²) >= 11 is 12.5. The number of benzene rings is 4. The highest BCUT2D eigenvalue weighted by Crippen LogP contribution is 2.42. The molecule has 230 valence electrons. The topological polar surface area (TPSA) is 86.8 Å². The summed E-state index contributed by atoms with van der Waals surface area (Å²) in [6, 6.07) is 24.6. The molecule has 0 bridgehead atoms. The number of halogens is 2. The first kappa shape index (κ1) is 31.8. The minimum absolute atomic E-state index is 0.0355. The predicted octanol–water partition coefficient (Wildman–Crippen LogP) is 6.99. The number of anilines is 1. The normalized spacial score (nSPS) is 14.4. The van der Waals surface area contributed by atoms with Crippen molar-refractivity contribution in [2.24, 2.45) is 0 Å². The maximum Gasteiger partial charge on any atom is 0.265 e. The van der Waals surface area contributed by atoms with E-state index >= 15 is 0 Å². The van der Waals surface area contributed by atoms with Crippen molar-refractivity contribution in [1.29, 1.82) is 0 Å². The number of carbonyl (C=O) groups is 2. The molecule has 0 aromatic heterocycles. The summed E-state index contributed by atoms with van der Waals surface area (Å²) in [5.74, 6) is -0.549. The molecule has 0 saturated carbocycles. The van der Waals surface area contributed by atoms with Gasteiger partial charge in [-0.05, 0) is 68.0 Å². The number of hydrogen-bond donors (Lipinski definition) is 1. The van der Waals surface area contributed by atoms with Crippen LogP contribution in [0.15, 0.2) is 89.8 Å². The molecule has 1 atom stereocenters. The van der Waals surface area contributed by atoms with Crippen LogP contribution in [0.1, 0.15) is 44.7 Å². The summed E-state index contributed by atoms with van der Waals surface area (Å²) in [5.41, 5.74) is 1.72. The van der Waals surface area contributed by atoms with E-state index in [4.69, 9.17) is 23.2 Å². The van der Waals surface area contributed by atoms with Gasteiger partial charge < -0.3 is 10.2 Å². The molecule has 0 radical (unpaired) electrons. The van der Waals surface area contributed by atoms with Gasteiger partial charge >= 0.3 is 0 Å². The third-order valence-electron chi connectivity index (χ3n) is 7.54. The molecule has 1 aliphatic rings. The molecule has 0 aliphatic carbocycles. The molecule has 1 N–H and O–H groups in total. The molecule has 44 heavy (non-hydrogen) atoms. The van der Waals surface area contributed by atoms with Gasteiger partial charge in [0.1, 0.15) is 6.04 Å². The van der Waals surface area contributed by atoms with Crippen LogP contribution in [0.2, 0.25) is 10.0 Å². The zero-order valence-electron chi connectivity index (χ0n) is 24.9. The van der Waals surface area contributed by atoms with E-state index in [0.29, 0.717) is 27.5 Å². The Morgan fingerprint density at radius 2 is 1.59 bits per heavy atom. The van der Waals surface area contributed by atoms with Crippen LogP contribution in [0.5, 0.6) is 0 Å². The van der Waals surface area contributed by atoms with Gasteiger partial charge in [0.05, 0.1) is 20.6 Å². The van der Waals surface area contributed by atoms with Gasteiger partial charge in [-0.15, -0.1) is 0 Å². The lowest BCUT2D eigenvalue weighted by Crippen LogP contribution is -2.54. The molecule has 7 nitrogen and oxygen atoms in total. The summed E-state index contributed by atoms with van der Waals surface area (Å²) in [6.45, 7) is 5.93. The summed E-state index contributed by atoms with van der Waals surface area (Å²) in [7, 11) is -3.75. The highest BCUT2D eigenvalue weighted by Gasteiger charge is 2.36. The maximum atomic E-state index is 14.1. The van der Waals surface area contributed by atoms with Crippen molar-refractivity contribution in [1.82, 2.24) is 10.2 Å². The van der Waals surface area contributed by atoms with Gasteiger partial charge in [0.15, 0.2) is 0 Å². The zero-order valence-corrected chi connectivity index (χ0v) is 27.2. The summed E-state index contributed by atoms with van der Waals surface area (Å²) in [5, 5.41) is 5.34. The molecule has 10 heteroatoms. The molecule has 2 amide bonds. The van der Waals surface area contributed by atoms with Crippen LogP contribution in [0.3, 0.4) is 0 Å². The molecule has 4 aromatic rings. The quantitative estimate of drug-likeness (QED) is 0.200. The van der Waals surface area contributed by atoms with E-state index in [9.17, 15) is 18.0 Å². The molecule has 0 fully saturated rings. The molecule has 0 unspecified atom stereocenters. The Balaban J connectivity index is 1.42. The van der Waals surface area contributed by atoms with Crippen LogP contribution in [-0.4, -0.2) is 43.3 Å². The third-order valence-corrected chi connectivity index (χ3v) is 10.1. The fourth-order valence-corrected chi connectivity index (χ4v) is 7.63. The second-order valence-corrected chi connectivity index (χ2v) is 14.7. The Bertz CT molecular complexity index is 1800. The van der Waals surface area contributed by atoms with Crippen molar-refractivity contribution < 1.29 is 18.0 Å². The summed E-state index contributed by atoms with van der Waals surface area (Å²) in [4.78, 5) is 29.7. The number of nitrogens with one attached hydrogen (secondary N) is 1. The number of carbonyl (C=O) groups excluding carboxylic acids is 2. The monoisotopic (exact) mass is 651 g/mol. The number of nitrogens with zero attached hydrogens (tertiary/aromatic N) is 2. The SMILES string of the molecule is CC(C)(C)NC(=O)[C@H](Cc1ccccc1)N(Cc1ccc(Cl)c(Cl)c1)C(=O)CCCN1c2cccc3cccc(c23)S1(=O)=O. The van der Waals surface area contributed by atoms with Crippen LogP contribution in [0, 0.1) is 0 Å². The van der Waals surface area contributed by atoms with E-state index in [1.807, 2.05) is 69.3 Å². The number of amides is 2. The average Bonchev–Trinajstić information content (AvgIpc) is 3.19. The van der Waals surface area contributed by atoms with E-state index in [1.165, 1.54) is 4.31 Å². The van der Waals surface area contributed by atoms with Gasteiger partial charge in [0.25, 0.3) is 10.0 Å². The van der Waals surface area contributed by atoms with Gasteiger partial charge in [-0.1, -0.05) is 83.9 Å². The fraction of sp³-hybridized carbons (Fsp3) is 0.294. The zero-order chi connectivity index (χ0) is 31.6. The van der Waals surface area contributed by atoms with Gasteiger partial charge in [-0.25, -0.2) is 8.42 Å². The minimum atomic E-state index is -3.75. The number of sulfonamides is 1. The van der Waals surface area contributed by atoms with Crippen molar-refractivity contribution in [2.75, 3.05) is 10.8 Å². The minimum Gasteiger partial charge on any atom is -0.350 e. The van der Waals surface area contributed by atoms with Crippen molar-refractivity contribution in [3.63, 3.8) is 0 Å². The van der Waals surface area contributed by atoms with E-state index in [0.717, 1.165) is 16.5 Å². The highest BCUT2D eigenvalue weighted by molar-refractivity contribution is 7.93. The van der Waals surface area contributed by atoms with Crippen molar-refractivity contribution in [3.8, 4) is 0 Å². The lowest BCUT2D eigenvalue weighted by molar-refractivity contribution is -0.142. The Hall–Kier alpha value is -3.59. The average molecular weight is 653 g/mol. The van der Waals surface area contributed by atoms with Crippen LogP contribution in [-0.2, 0) is 32.6 Å². The Morgan fingerprint density at radius 3 is 2.27 bits per heavy atom. The molecule has 1 aliphatic heterocycles. The molecular formula is C34H35Cl2N3O4S. The van der Waals surface area contributed by atoms with Crippen LogP contribution in [0.25, 0.3) is 10.8 Å². The molecular weight excluding hydrogens is 617 g/mol. The smallest absolute Gasteiger partial charge is 0.265 e. The van der Waals surface area contributed by atoms with E-state index in [2.05, 4.69) is 5.32 Å². The van der Waals surface area contributed by atoms with Crippen LogP contribution >= 0.6 is 23.2 Å². The second-order valence-electron chi connectivity index (χ2n) is 12.0. The van der Waals surface area contributed by atoms with Gasteiger partial charge in [0, 0.05) is 36.9 Å². The molecule has 0 saturated heterocycles. The Labute approximate surface area is 268 Å². The third kappa shape index (κ3) is 6.88. The van der Waals surface area contributed by atoms with Crippen molar-refractivity contribution in [3.05, 3.63) is 106 Å². The van der Waals surface area contributed by atoms with Crippen LogP contribution in [0.4, 0.5) is 5.69 Å². The Kier molecular flexibility index (Phi) is 9.25. The first-order chi connectivity index (χ1) is 20.8. The Morgan fingerprint density at radius 1 is 0.886 bits per heavy atom. The lowest BCUT2D eigenvalue weighted by Gasteiger charge is -2.34. The molecule has 0 spiro atoms. The second kappa shape index (κ2) is 12.8. The van der Waals surface area contributed by atoms with E-state index < -0.39 is 21.6 Å². The van der Waals surface area contributed by atoms with Crippen molar-refractivity contribution >= 4 is 61.5 Å². The fourth-order valence-electron chi connectivity index (χ4n) is 5.56. The number of hydrogen-bond acceptors (Lipinski definition) is 4. The largest absolute Gasteiger partial charge is 0.350 e. The summed E-state index contributed by atoms with van der Waals surface area (Å²) < 4.78 is 28.3. The van der Waals surface area contributed by atoms with Crippen molar-refractivity contribution in [2.45, 2.75) is 63.1 Å².